The van der Waals surface area contributed by atoms with E-state index < -0.39 is 0 Å². The van der Waals surface area contributed by atoms with Crippen LogP contribution < -0.4 is 5.32 Å². The Labute approximate surface area is 165 Å². The second kappa shape index (κ2) is 7.98. The third-order valence-corrected chi connectivity index (χ3v) is 5.43. The lowest BCUT2D eigenvalue weighted by atomic mass is 10.0. The molecule has 1 aliphatic rings. The highest BCUT2D eigenvalue weighted by atomic mass is 16.2. The number of carbonyl (C=O) groups excluding carboxylic acids is 1. The number of aromatic amines is 1. The van der Waals surface area contributed by atoms with Crippen LogP contribution in [-0.4, -0.2) is 33.4 Å². The number of imidazole rings is 1. The van der Waals surface area contributed by atoms with Gasteiger partial charge >= 0.3 is 0 Å². The van der Waals surface area contributed by atoms with Crippen LogP contribution in [0, 0.1) is 13.8 Å². The van der Waals surface area contributed by atoms with Crippen LogP contribution in [0.4, 0.5) is 5.69 Å². The molecule has 1 aromatic heterocycles. The van der Waals surface area contributed by atoms with Crippen LogP contribution in [-0.2, 0) is 11.3 Å². The van der Waals surface area contributed by atoms with Gasteiger partial charge in [-0.05, 0) is 56.5 Å². The first kappa shape index (κ1) is 18.4. The molecule has 1 unspecified atom stereocenters. The largest absolute Gasteiger partial charge is 0.348 e. The normalized spacial score (nSPS) is 17.0. The molecule has 0 radical (unpaired) electrons. The zero-order valence-electron chi connectivity index (χ0n) is 16.4. The van der Waals surface area contributed by atoms with Crippen molar-refractivity contribution >= 4 is 11.6 Å². The third-order valence-electron chi connectivity index (χ3n) is 5.43. The molecule has 4 rings (SSSR count). The fraction of sp³-hybridized carbons (Fsp3) is 0.304. The van der Waals surface area contributed by atoms with Gasteiger partial charge < -0.3 is 10.3 Å². The minimum Gasteiger partial charge on any atom is -0.348 e. The Morgan fingerprint density at radius 3 is 2.71 bits per heavy atom. The van der Waals surface area contributed by atoms with Crippen molar-refractivity contribution in [1.29, 1.82) is 0 Å². The molecular formula is C23H26N4O. The van der Waals surface area contributed by atoms with Crippen molar-refractivity contribution in [3.63, 3.8) is 0 Å². The quantitative estimate of drug-likeness (QED) is 0.700. The number of carbonyl (C=O) groups is 1. The van der Waals surface area contributed by atoms with Crippen LogP contribution in [0.3, 0.4) is 0 Å². The molecule has 1 aliphatic heterocycles. The minimum atomic E-state index is -0.112. The van der Waals surface area contributed by atoms with Crippen molar-refractivity contribution in [3.05, 3.63) is 71.8 Å². The molecule has 0 bridgehead atoms. The molecule has 1 atom stereocenters. The molecule has 5 nitrogen and oxygen atoms in total. The van der Waals surface area contributed by atoms with E-state index in [2.05, 4.69) is 57.4 Å². The highest BCUT2D eigenvalue weighted by Gasteiger charge is 2.31. The van der Waals surface area contributed by atoms with Gasteiger partial charge in [0.1, 0.15) is 0 Å². The molecule has 0 aliphatic carbocycles. The number of amides is 1. The summed E-state index contributed by atoms with van der Waals surface area (Å²) in [5, 5.41) is 3.12. The van der Waals surface area contributed by atoms with Gasteiger partial charge in [0.05, 0.1) is 18.1 Å². The van der Waals surface area contributed by atoms with Gasteiger partial charge in [0, 0.05) is 17.9 Å². The number of nitrogens with zero attached hydrogens (tertiary/aromatic N) is 2. The Morgan fingerprint density at radius 2 is 1.96 bits per heavy atom. The van der Waals surface area contributed by atoms with Crippen molar-refractivity contribution in [2.45, 2.75) is 39.3 Å². The maximum absolute atomic E-state index is 13.0. The molecule has 2 heterocycles. The molecule has 28 heavy (non-hydrogen) atoms. The van der Waals surface area contributed by atoms with Gasteiger partial charge in [-0.15, -0.1) is 0 Å². The first-order valence-corrected chi connectivity index (χ1v) is 9.81. The van der Waals surface area contributed by atoms with Gasteiger partial charge in [0.25, 0.3) is 0 Å². The number of benzene rings is 2. The number of aryl methyl sites for hydroxylation is 2. The smallest absolute Gasteiger partial charge is 0.241 e. The van der Waals surface area contributed by atoms with Gasteiger partial charge in [-0.2, -0.15) is 0 Å². The Balaban J connectivity index is 1.47. The number of rotatable bonds is 5. The van der Waals surface area contributed by atoms with Crippen molar-refractivity contribution < 1.29 is 4.79 Å². The van der Waals surface area contributed by atoms with E-state index in [0.717, 1.165) is 47.6 Å². The summed E-state index contributed by atoms with van der Waals surface area (Å²) in [5.41, 5.74) is 6.41. The van der Waals surface area contributed by atoms with Gasteiger partial charge in [-0.1, -0.05) is 42.0 Å². The number of likely N-dealkylation sites (tertiary alicyclic amines) is 1. The Bertz CT molecular complexity index is 978. The topological polar surface area (TPSA) is 61.0 Å². The summed E-state index contributed by atoms with van der Waals surface area (Å²) < 4.78 is 0. The Morgan fingerprint density at radius 1 is 1.18 bits per heavy atom. The number of nitrogens with one attached hydrogen (secondary N) is 2. The predicted molar refractivity (Wildman–Crippen MR) is 112 cm³/mol. The summed E-state index contributed by atoms with van der Waals surface area (Å²) in [7, 11) is 0. The zero-order valence-corrected chi connectivity index (χ0v) is 16.4. The summed E-state index contributed by atoms with van der Waals surface area (Å²) in [4.78, 5) is 22.7. The molecule has 1 amide bonds. The number of anilines is 1. The van der Waals surface area contributed by atoms with E-state index in [9.17, 15) is 4.79 Å². The van der Waals surface area contributed by atoms with E-state index >= 15 is 0 Å². The van der Waals surface area contributed by atoms with Gasteiger partial charge in [0.15, 0.2) is 0 Å². The third kappa shape index (κ3) is 3.99. The summed E-state index contributed by atoms with van der Waals surface area (Å²) in [5.74, 6) is 0.0621. The Kier molecular flexibility index (Phi) is 5.26. The molecule has 2 N–H and O–H groups in total. The molecule has 1 fully saturated rings. The minimum absolute atomic E-state index is 0.0621. The van der Waals surface area contributed by atoms with Crippen LogP contribution in [0.15, 0.2) is 54.9 Å². The molecular weight excluding hydrogens is 348 g/mol. The standard InChI is InChI=1S/C23H26N4O/c1-16-6-3-7-18(12-16)19-8-4-9-20(13-19)26-23(28)22-10-5-11-27(22)14-21-17(2)24-15-25-21/h3-4,6-9,12-13,15,22H,5,10-11,14H2,1-2H3,(H,24,25)(H,26,28). The number of hydrogen-bond donors (Lipinski definition) is 2. The number of aromatic nitrogens is 2. The second-order valence-electron chi connectivity index (χ2n) is 7.54. The van der Waals surface area contributed by atoms with Gasteiger partial charge in [-0.25, -0.2) is 4.98 Å². The van der Waals surface area contributed by atoms with Crippen LogP contribution in [0.5, 0.6) is 0 Å². The van der Waals surface area contributed by atoms with Crippen LogP contribution in [0.2, 0.25) is 0 Å². The monoisotopic (exact) mass is 374 g/mol. The summed E-state index contributed by atoms with van der Waals surface area (Å²) in [6.07, 6.45) is 3.63. The van der Waals surface area contributed by atoms with Gasteiger partial charge in [0.2, 0.25) is 5.91 Å². The van der Waals surface area contributed by atoms with Crippen LogP contribution in [0.1, 0.15) is 29.8 Å². The van der Waals surface area contributed by atoms with Crippen molar-refractivity contribution in [2.24, 2.45) is 0 Å². The second-order valence-corrected chi connectivity index (χ2v) is 7.54. The highest BCUT2D eigenvalue weighted by molar-refractivity contribution is 5.95. The maximum Gasteiger partial charge on any atom is 0.241 e. The van der Waals surface area contributed by atoms with E-state index in [4.69, 9.17) is 0 Å². The average molecular weight is 374 g/mol. The lowest BCUT2D eigenvalue weighted by molar-refractivity contribution is -0.120. The van der Waals surface area contributed by atoms with Gasteiger partial charge in [-0.3, -0.25) is 9.69 Å². The molecule has 0 spiro atoms. The summed E-state index contributed by atoms with van der Waals surface area (Å²) in [6.45, 7) is 5.74. The Hall–Kier alpha value is -2.92. The molecule has 3 aromatic rings. The maximum atomic E-state index is 13.0. The van der Waals surface area contributed by atoms with E-state index in [0.29, 0.717) is 6.54 Å². The zero-order chi connectivity index (χ0) is 19.5. The van der Waals surface area contributed by atoms with Crippen LogP contribution in [0.25, 0.3) is 11.1 Å². The molecule has 2 aromatic carbocycles. The molecule has 1 saturated heterocycles. The van der Waals surface area contributed by atoms with Crippen molar-refractivity contribution in [1.82, 2.24) is 14.9 Å². The predicted octanol–water partition coefficient (Wildman–Crippen LogP) is 4.30. The molecule has 0 saturated carbocycles. The first-order valence-electron chi connectivity index (χ1n) is 9.81. The summed E-state index contributed by atoms with van der Waals surface area (Å²) in [6, 6.07) is 16.4. The highest BCUT2D eigenvalue weighted by Crippen LogP contribution is 2.25. The lowest BCUT2D eigenvalue weighted by Gasteiger charge is -2.23. The number of hydrogen-bond acceptors (Lipinski definition) is 3. The van der Waals surface area contributed by atoms with Crippen molar-refractivity contribution in [3.8, 4) is 11.1 Å². The van der Waals surface area contributed by atoms with E-state index in [1.165, 1.54) is 5.56 Å². The van der Waals surface area contributed by atoms with Crippen molar-refractivity contribution in [2.75, 3.05) is 11.9 Å². The number of H-pyrrole nitrogens is 1. The van der Waals surface area contributed by atoms with E-state index in [1.807, 2.05) is 25.1 Å². The first-order chi connectivity index (χ1) is 13.6. The summed E-state index contributed by atoms with van der Waals surface area (Å²) >= 11 is 0. The van der Waals surface area contributed by atoms with Crippen LogP contribution >= 0.6 is 0 Å². The van der Waals surface area contributed by atoms with E-state index in [1.54, 1.807) is 6.33 Å². The van der Waals surface area contributed by atoms with E-state index in [-0.39, 0.29) is 11.9 Å². The fourth-order valence-electron chi connectivity index (χ4n) is 3.88. The molecule has 5 heteroatoms. The SMILES string of the molecule is Cc1cccc(-c2cccc(NC(=O)C3CCCN3Cc3nc[nH]c3C)c2)c1. The molecule has 144 valence electrons. The average Bonchev–Trinajstić information content (AvgIpc) is 3.32. The fourth-order valence-corrected chi connectivity index (χ4v) is 3.88. The lowest BCUT2D eigenvalue weighted by Crippen LogP contribution is -2.39.